The normalized spacial score (nSPS) is 19.3. The van der Waals surface area contributed by atoms with Gasteiger partial charge in [0.15, 0.2) is 0 Å². The lowest BCUT2D eigenvalue weighted by Crippen LogP contribution is -1.79. The van der Waals surface area contributed by atoms with Gasteiger partial charge < -0.3 is 0 Å². The minimum atomic E-state index is 0.986. The zero-order chi connectivity index (χ0) is 10.2. The highest BCUT2D eigenvalue weighted by Gasteiger charge is 1.96. The van der Waals surface area contributed by atoms with Crippen LogP contribution < -0.4 is 0 Å². The van der Waals surface area contributed by atoms with Crippen LogP contribution in [0.2, 0.25) is 0 Å². The molecule has 0 fully saturated rings. The highest BCUT2D eigenvalue weighted by atomic mass is 79.9. The van der Waals surface area contributed by atoms with E-state index < -0.39 is 0 Å². The smallest absolute Gasteiger partial charge is 0.0124 e. The van der Waals surface area contributed by atoms with Crippen molar-refractivity contribution in [1.29, 1.82) is 0 Å². The molecule has 1 rings (SSSR count). The molecule has 0 aliphatic heterocycles. The molecule has 0 unspecified atom stereocenters. The molecule has 0 heterocycles. The standard InChI is InChI=1S/C12H14Br2/c13-11-7-5-3-1-2-4-6-8-12(14)10-9-11/h7-8H,3-6,9-10H2. The third kappa shape index (κ3) is 5.67. The molecule has 0 N–H and O–H groups in total. The second-order valence-corrected chi connectivity index (χ2v) is 5.27. The van der Waals surface area contributed by atoms with Gasteiger partial charge in [0, 0.05) is 12.8 Å². The molecule has 76 valence electrons. The quantitative estimate of drug-likeness (QED) is 0.557. The molecule has 0 aromatic rings. The number of rotatable bonds is 0. The van der Waals surface area contributed by atoms with Crippen LogP contribution in [0.3, 0.4) is 0 Å². The molecule has 0 aromatic heterocycles. The summed E-state index contributed by atoms with van der Waals surface area (Å²) in [6, 6.07) is 0. The first-order chi connectivity index (χ1) is 6.79. The Bertz CT molecular complexity index is 261. The fourth-order valence-electron chi connectivity index (χ4n) is 1.22. The van der Waals surface area contributed by atoms with Crippen LogP contribution in [0.1, 0.15) is 38.5 Å². The molecule has 0 atom stereocenters. The Morgan fingerprint density at radius 2 is 1.29 bits per heavy atom. The second kappa shape index (κ2) is 7.31. The molecule has 2 heteroatoms. The Labute approximate surface area is 103 Å². The van der Waals surface area contributed by atoms with Crippen molar-refractivity contribution in [3.63, 3.8) is 0 Å². The number of hydrogen-bond acceptors (Lipinski definition) is 0. The summed E-state index contributed by atoms with van der Waals surface area (Å²) >= 11 is 7.14. The van der Waals surface area contributed by atoms with Gasteiger partial charge in [-0.1, -0.05) is 44.0 Å². The predicted octanol–water partition coefficient (Wildman–Crippen LogP) is 4.90. The average molecular weight is 318 g/mol. The minimum Gasteiger partial charge on any atom is -0.103 e. The van der Waals surface area contributed by atoms with Crippen LogP contribution in [0.4, 0.5) is 0 Å². The fourth-order valence-corrected chi connectivity index (χ4v) is 2.08. The molecule has 0 saturated heterocycles. The lowest BCUT2D eigenvalue weighted by atomic mass is 10.2. The topological polar surface area (TPSA) is 0 Å². The van der Waals surface area contributed by atoms with Crippen molar-refractivity contribution < 1.29 is 0 Å². The van der Waals surface area contributed by atoms with Crippen molar-refractivity contribution >= 4 is 31.9 Å². The molecule has 14 heavy (non-hydrogen) atoms. The van der Waals surface area contributed by atoms with Gasteiger partial charge in [-0.25, -0.2) is 0 Å². The molecule has 0 nitrogen and oxygen atoms in total. The minimum absolute atomic E-state index is 0.986. The van der Waals surface area contributed by atoms with Gasteiger partial charge in [0.2, 0.25) is 0 Å². The van der Waals surface area contributed by atoms with Crippen LogP contribution in [0.15, 0.2) is 21.1 Å². The van der Waals surface area contributed by atoms with Gasteiger partial charge in [0.25, 0.3) is 0 Å². The number of allylic oxidation sites excluding steroid dienone is 4. The maximum absolute atomic E-state index is 3.57. The van der Waals surface area contributed by atoms with Crippen LogP contribution in [-0.4, -0.2) is 0 Å². The van der Waals surface area contributed by atoms with Crippen LogP contribution >= 0.6 is 31.9 Å². The van der Waals surface area contributed by atoms with E-state index in [2.05, 4.69) is 55.9 Å². The van der Waals surface area contributed by atoms with Gasteiger partial charge in [-0.15, -0.1) is 11.8 Å². The van der Waals surface area contributed by atoms with E-state index in [9.17, 15) is 0 Å². The molecule has 0 spiro atoms. The molecular formula is C12H14Br2. The van der Waals surface area contributed by atoms with Crippen molar-refractivity contribution in [3.05, 3.63) is 21.1 Å². The molecule has 0 radical (unpaired) electrons. The Morgan fingerprint density at radius 1 is 0.857 bits per heavy atom. The van der Waals surface area contributed by atoms with Crippen molar-refractivity contribution in [2.24, 2.45) is 0 Å². The van der Waals surface area contributed by atoms with Crippen molar-refractivity contribution in [1.82, 2.24) is 0 Å². The van der Waals surface area contributed by atoms with E-state index in [0.717, 1.165) is 38.5 Å². The molecule has 1 aliphatic carbocycles. The fraction of sp³-hybridized carbons (Fsp3) is 0.500. The molecular weight excluding hydrogens is 304 g/mol. The summed E-state index contributed by atoms with van der Waals surface area (Å²) in [5.74, 6) is 6.36. The van der Waals surface area contributed by atoms with Crippen LogP contribution in [0.5, 0.6) is 0 Å². The van der Waals surface area contributed by atoms with Gasteiger partial charge in [0.1, 0.15) is 0 Å². The van der Waals surface area contributed by atoms with E-state index in [1.807, 2.05) is 0 Å². The zero-order valence-corrected chi connectivity index (χ0v) is 11.3. The summed E-state index contributed by atoms with van der Waals surface area (Å²) in [5.41, 5.74) is 0. The van der Waals surface area contributed by atoms with E-state index in [0.29, 0.717) is 0 Å². The summed E-state index contributed by atoms with van der Waals surface area (Å²) in [6.07, 6.45) is 10.7. The Hall–Kier alpha value is -0.0000000000000000555. The number of halogens is 2. The highest BCUT2D eigenvalue weighted by Crippen LogP contribution is 2.22. The van der Waals surface area contributed by atoms with E-state index in [4.69, 9.17) is 0 Å². The van der Waals surface area contributed by atoms with E-state index in [-0.39, 0.29) is 0 Å². The first-order valence-corrected chi connectivity index (χ1v) is 6.52. The van der Waals surface area contributed by atoms with Gasteiger partial charge in [-0.2, -0.15) is 0 Å². The summed E-state index contributed by atoms with van der Waals surface area (Å²) in [4.78, 5) is 0. The van der Waals surface area contributed by atoms with Crippen molar-refractivity contribution in [2.45, 2.75) is 38.5 Å². The monoisotopic (exact) mass is 316 g/mol. The van der Waals surface area contributed by atoms with E-state index in [1.165, 1.54) is 8.96 Å². The second-order valence-electron chi connectivity index (χ2n) is 3.23. The first kappa shape index (κ1) is 12.1. The SMILES string of the molecule is BrC1=CCCC#CCCC=C(Br)CC1. The Balaban J connectivity index is 2.56. The van der Waals surface area contributed by atoms with Gasteiger partial charge in [-0.3, -0.25) is 0 Å². The van der Waals surface area contributed by atoms with E-state index >= 15 is 0 Å². The summed E-state index contributed by atoms with van der Waals surface area (Å²) in [7, 11) is 0. The number of hydrogen-bond donors (Lipinski definition) is 0. The highest BCUT2D eigenvalue weighted by molar-refractivity contribution is 9.12. The average Bonchev–Trinajstić information content (AvgIpc) is 2.17. The maximum atomic E-state index is 3.57. The zero-order valence-electron chi connectivity index (χ0n) is 8.15. The molecule has 0 bridgehead atoms. The lowest BCUT2D eigenvalue weighted by Gasteiger charge is -2.00. The molecule has 1 aliphatic rings. The lowest BCUT2D eigenvalue weighted by molar-refractivity contribution is 0.973. The molecule has 0 amide bonds. The summed E-state index contributed by atoms with van der Waals surface area (Å²) in [5, 5.41) is 0. The van der Waals surface area contributed by atoms with Crippen LogP contribution in [-0.2, 0) is 0 Å². The molecule has 0 saturated carbocycles. The Kier molecular flexibility index (Phi) is 6.31. The third-order valence-electron chi connectivity index (χ3n) is 2.00. The maximum Gasteiger partial charge on any atom is 0.0124 e. The van der Waals surface area contributed by atoms with Crippen LogP contribution in [0.25, 0.3) is 0 Å². The van der Waals surface area contributed by atoms with Crippen molar-refractivity contribution in [3.8, 4) is 11.8 Å². The largest absolute Gasteiger partial charge is 0.103 e. The first-order valence-electron chi connectivity index (χ1n) is 4.94. The summed E-state index contributed by atoms with van der Waals surface area (Å²) in [6.45, 7) is 0. The molecule has 0 aromatic carbocycles. The van der Waals surface area contributed by atoms with Gasteiger partial charge >= 0.3 is 0 Å². The van der Waals surface area contributed by atoms with Crippen molar-refractivity contribution in [2.75, 3.05) is 0 Å². The predicted molar refractivity (Wildman–Crippen MR) is 69.5 cm³/mol. The Morgan fingerprint density at radius 3 is 1.71 bits per heavy atom. The van der Waals surface area contributed by atoms with Gasteiger partial charge in [0.05, 0.1) is 0 Å². The van der Waals surface area contributed by atoms with Gasteiger partial charge in [-0.05, 0) is 34.6 Å². The third-order valence-corrected chi connectivity index (χ3v) is 3.44. The van der Waals surface area contributed by atoms with Crippen LogP contribution in [0, 0.1) is 11.8 Å². The summed E-state index contributed by atoms with van der Waals surface area (Å²) < 4.78 is 2.59. The van der Waals surface area contributed by atoms with E-state index in [1.54, 1.807) is 0 Å².